The van der Waals surface area contributed by atoms with E-state index in [1.807, 2.05) is 11.9 Å². The molecule has 0 aliphatic carbocycles. The Kier molecular flexibility index (Phi) is 2.85. The normalized spacial score (nSPS) is 14.9. The molecule has 1 aromatic carbocycles. The fourth-order valence-corrected chi connectivity index (χ4v) is 2.02. The number of likely N-dealkylation sites (N-methyl/N-ethyl adjacent to an activating group) is 1. The summed E-state index contributed by atoms with van der Waals surface area (Å²) in [6.07, 6.45) is -4.49. The van der Waals surface area contributed by atoms with Crippen molar-refractivity contribution in [1.29, 1.82) is 0 Å². The third-order valence-corrected chi connectivity index (χ3v) is 2.95. The predicted molar refractivity (Wildman–Crippen MR) is 58.2 cm³/mol. The Labute approximate surface area is 97.0 Å². The number of nitrogens with zero attached hydrogens (tertiary/aromatic N) is 1. The smallest absolute Gasteiger partial charge is 0.374 e. The zero-order valence-electron chi connectivity index (χ0n) is 9.34. The van der Waals surface area contributed by atoms with E-state index in [1.165, 1.54) is 0 Å². The van der Waals surface area contributed by atoms with Crippen LogP contribution in [0.2, 0.25) is 0 Å². The Morgan fingerprint density at radius 3 is 2.76 bits per heavy atom. The minimum absolute atomic E-state index is 0.432. The Bertz CT molecular complexity index is 454. The van der Waals surface area contributed by atoms with Crippen molar-refractivity contribution in [3.63, 3.8) is 0 Å². The molecule has 0 aromatic heterocycles. The molecular formula is C12H12F3NO. The molecule has 1 heterocycles. The van der Waals surface area contributed by atoms with Crippen LogP contribution < -0.4 is 4.90 Å². The number of hydrogen-bond acceptors (Lipinski definition) is 2. The number of hydrogen-bond donors (Lipinski definition) is 0. The number of benzene rings is 1. The van der Waals surface area contributed by atoms with Crippen LogP contribution in [0, 0.1) is 0 Å². The van der Waals surface area contributed by atoms with Crippen molar-refractivity contribution in [2.45, 2.75) is 19.0 Å². The first-order valence-corrected chi connectivity index (χ1v) is 5.31. The quantitative estimate of drug-likeness (QED) is 0.794. The summed E-state index contributed by atoms with van der Waals surface area (Å²) in [4.78, 5) is 12.9. The highest BCUT2D eigenvalue weighted by Gasteiger charge is 2.37. The van der Waals surface area contributed by atoms with E-state index in [9.17, 15) is 18.0 Å². The van der Waals surface area contributed by atoms with Crippen molar-refractivity contribution in [3.05, 3.63) is 29.3 Å². The van der Waals surface area contributed by atoms with Gasteiger partial charge in [-0.15, -0.1) is 0 Å². The summed E-state index contributed by atoms with van der Waals surface area (Å²) in [5.41, 5.74) is 2.48. The van der Waals surface area contributed by atoms with Crippen LogP contribution in [0.4, 0.5) is 18.9 Å². The second kappa shape index (κ2) is 4.05. The van der Waals surface area contributed by atoms with Gasteiger partial charge in [0.25, 0.3) is 0 Å². The molecule has 0 amide bonds. The lowest BCUT2D eigenvalue weighted by Gasteiger charge is -2.12. The number of ketones is 1. The van der Waals surface area contributed by atoms with Crippen molar-refractivity contribution in [2.24, 2.45) is 0 Å². The summed E-state index contributed by atoms with van der Waals surface area (Å²) in [6, 6.07) is 5.06. The monoisotopic (exact) mass is 243 g/mol. The molecule has 5 heteroatoms. The van der Waals surface area contributed by atoms with Gasteiger partial charge in [0, 0.05) is 25.7 Å². The van der Waals surface area contributed by atoms with Crippen LogP contribution in [0.5, 0.6) is 0 Å². The number of rotatable bonds is 2. The first kappa shape index (κ1) is 12.0. The van der Waals surface area contributed by atoms with Crippen LogP contribution >= 0.6 is 0 Å². The van der Waals surface area contributed by atoms with Gasteiger partial charge in [-0.1, -0.05) is 12.1 Å². The molecule has 1 aliphatic rings. The highest BCUT2D eigenvalue weighted by molar-refractivity contribution is 5.86. The molecule has 2 nitrogen and oxygen atoms in total. The van der Waals surface area contributed by atoms with Gasteiger partial charge in [-0.05, 0) is 23.6 Å². The average Bonchev–Trinajstić information content (AvgIpc) is 2.59. The molecule has 0 radical (unpaired) electrons. The van der Waals surface area contributed by atoms with Gasteiger partial charge in [-0.3, -0.25) is 4.79 Å². The fraction of sp³-hybridized carbons (Fsp3) is 0.417. The van der Waals surface area contributed by atoms with Gasteiger partial charge in [0.2, 0.25) is 5.78 Å². The van der Waals surface area contributed by atoms with Crippen LogP contribution in [0.15, 0.2) is 18.2 Å². The fourth-order valence-electron chi connectivity index (χ4n) is 2.02. The first-order chi connectivity index (χ1) is 7.88. The van der Waals surface area contributed by atoms with E-state index in [2.05, 4.69) is 0 Å². The van der Waals surface area contributed by atoms with Crippen molar-refractivity contribution in [3.8, 4) is 0 Å². The number of fused-ring (bicyclic) bond motifs is 1. The molecule has 92 valence electrons. The van der Waals surface area contributed by atoms with Gasteiger partial charge in [0.1, 0.15) is 0 Å². The second-order valence-electron chi connectivity index (χ2n) is 4.23. The summed E-state index contributed by atoms with van der Waals surface area (Å²) in [5, 5.41) is 0. The van der Waals surface area contributed by atoms with Crippen molar-refractivity contribution < 1.29 is 18.0 Å². The molecule has 0 fully saturated rings. The Morgan fingerprint density at radius 2 is 2.12 bits per heavy atom. The van der Waals surface area contributed by atoms with Crippen molar-refractivity contribution >= 4 is 11.5 Å². The largest absolute Gasteiger partial charge is 0.450 e. The summed E-state index contributed by atoms with van der Waals surface area (Å²) >= 11 is 0. The Balaban J connectivity index is 2.17. The van der Waals surface area contributed by atoms with E-state index in [-0.39, 0.29) is 0 Å². The molecule has 0 unspecified atom stereocenters. The number of alkyl halides is 3. The van der Waals surface area contributed by atoms with Crippen LogP contribution in [0.25, 0.3) is 0 Å². The lowest BCUT2D eigenvalue weighted by molar-refractivity contribution is -0.170. The van der Waals surface area contributed by atoms with Gasteiger partial charge in [0.15, 0.2) is 0 Å². The summed E-state index contributed by atoms with van der Waals surface area (Å²) in [6.45, 7) is 0.867. The van der Waals surface area contributed by atoms with Crippen LogP contribution in [-0.4, -0.2) is 25.6 Å². The first-order valence-electron chi connectivity index (χ1n) is 5.31. The van der Waals surface area contributed by atoms with Crippen LogP contribution in [0.1, 0.15) is 11.1 Å². The lowest BCUT2D eigenvalue weighted by atomic mass is 10.0. The van der Waals surface area contributed by atoms with Crippen LogP contribution in [0.3, 0.4) is 0 Å². The molecular weight excluding hydrogens is 231 g/mol. The maximum atomic E-state index is 12.1. The van der Waals surface area contributed by atoms with Gasteiger partial charge in [-0.2, -0.15) is 13.2 Å². The second-order valence-corrected chi connectivity index (χ2v) is 4.23. The summed E-state index contributed by atoms with van der Waals surface area (Å²) < 4.78 is 36.3. The van der Waals surface area contributed by atoms with Gasteiger partial charge in [-0.25, -0.2) is 0 Å². The SMILES string of the molecule is CN1CCc2cc(CC(=O)C(F)(F)F)ccc21. The minimum atomic E-state index is -4.74. The van der Waals surface area contributed by atoms with Crippen molar-refractivity contribution in [1.82, 2.24) is 0 Å². The average molecular weight is 243 g/mol. The van der Waals surface area contributed by atoms with E-state index in [0.29, 0.717) is 5.56 Å². The number of anilines is 1. The molecule has 0 saturated carbocycles. The van der Waals surface area contributed by atoms with E-state index in [1.54, 1.807) is 18.2 Å². The highest BCUT2D eigenvalue weighted by atomic mass is 19.4. The number of Topliss-reactive ketones (excluding diaryl/α,β-unsaturated/α-hetero) is 1. The molecule has 0 spiro atoms. The zero-order valence-corrected chi connectivity index (χ0v) is 9.34. The molecule has 17 heavy (non-hydrogen) atoms. The van der Waals surface area contributed by atoms with Gasteiger partial charge in [0.05, 0.1) is 0 Å². The van der Waals surface area contributed by atoms with E-state index < -0.39 is 18.4 Å². The molecule has 1 aliphatic heterocycles. The summed E-state index contributed by atoms with van der Waals surface area (Å²) in [5.74, 6) is -1.69. The van der Waals surface area contributed by atoms with Gasteiger partial charge < -0.3 is 4.90 Å². The summed E-state index contributed by atoms with van der Waals surface area (Å²) in [7, 11) is 1.94. The molecule has 2 rings (SSSR count). The maximum Gasteiger partial charge on any atom is 0.450 e. The Morgan fingerprint density at radius 1 is 1.41 bits per heavy atom. The number of carbonyl (C=O) groups is 1. The topological polar surface area (TPSA) is 20.3 Å². The molecule has 0 saturated heterocycles. The zero-order chi connectivity index (χ0) is 12.6. The number of halogens is 3. The minimum Gasteiger partial charge on any atom is -0.374 e. The number of carbonyl (C=O) groups excluding carboxylic acids is 1. The van der Waals surface area contributed by atoms with Gasteiger partial charge >= 0.3 is 6.18 Å². The standard InChI is InChI=1S/C12H12F3NO/c1-16-5-4-9-6-8(2-3-10(9)16)7-11(17)12(13,14)15/h2-3,6H,4-5,7H2,1H3. The third-order valence-electron chi connectivity index (χ3n) is 2.95. The predicted octanol–water partition coefficient (Wildman–Crippen LogP) is 2.35. The van der Waals surface area contributed by atoms with E-state index >= 15 is 0 Å². The van der Waals surface area contributed by atoms with E-state index in [4.69, 9.17) is 0 Å². The molecule has 1 aromatic rings. The lowest BCUT2D eigenvalue weighted by Crippen LogP contribution is -2.24. The maximum absolute atomic E-state index is 12.1. The highest BCUT2D eigenvalue weighted by Crippen LogP contribution is 2.28. The molecule has 0 N–H and O–H groups in total. The van der Waals surface area contributed by atoms with Crippen LogP contribution in [-0.2, 0) is 17.6 Å². The van der Waals surface area contributed by atoms with E-state index in [0.717, 1.165) is 24.2 Å². The molecule has 0 atom stereocenters. The third kappa shape index (κ3) is 2.43. The Hall–Kier alpha value is -1.52. The van der Waals surface area contributed by atoms with Crippen molar-refractivity contribution in [2.75, 3.05) is 18.5 Å². The molecule has 0 bridgehead atoms.